The summed E-state index contributed by atoms with van der Waals surface area (Å²) < 4.78 is 1.89. The summed E-state index contributed by atoms with van der Waals surface area (Å²) in [6.07, 6.45) is 2.65. The molecule has 1 aromatic carbocycles. The minimum Gasteiger partial charge on any atom is -0.382 e. The zero-order valence-electron chi connectivity index (χ0n) is 13.2. The van der Waals surface area contributed by atoms with Gasteiger partial charge in [0.05, 0.1) is 11.1 Å². The largest absolute Gasteiger partial charge is 0.382 e. The van der Waals surface area contributed by atoms with Crippen LogP contribution in [0.2, 0.25) is 0 Å². The van der Waals surface area contributed by atoms with Crippen molar-refractivity contribution in [3.8, 4) is 0 Å². The molecule has 0 spiro atoms. The fourth-order valence-electron chi connectivity index (χ4n) is 2.91. The number of nitrogens with zero attached hydrogens (tertiary/aromatic N) is 3. The fourth-order valence-corrected chi connectivity index (χ4v) is 2.91. The number of aromatic nitrogens is 2. The fraction of sp³-hybridized carbons (Fsp3) is 0.353. The molecule has 2 N–H and O–H groups in total. The highest BCUT2D eigenvalue weighted by Gasteiger charge is 2.34. The van der Waals surface area contributed by atoms with Gasteiger partial charge in [-0.05, 0) is 38.3 Å². The average molecular weight is 312 g/mol. The summed E-state index contributed by atoms with van der Waals surface area (Å²) in [4.78, 5) is 25.8. The number of aryl methyl sites for hydroxylation is 2. The maximum Gasteiger partial charge on any atom is 0.261 e. The molecule has 6 nitrogen and oxygen atoms in total. The summed E-state index contributed by atoms with van der Waals surface area (Å²) in [7, 11) is 0. The first-order valence-electron chi connectivity index (χ1n) is 7.83. The molecule has 0 bridgehead atoms. The van der Waals surface area contributed by atoms with Crippen molar-refractivity contribution in [3.63, 3.8) is 0 Å². The van der Waals surface area contributed by atoms with Crippen LogP contribution in [0.5, 0.6) is 0 Å². The minimum absolute atomic E-state index is 0.179. The zero-order valence-corrected chi connectivity index (χ0v) is 13.2. The number of benzene rings is 1. The first kappa shape index (κ1) is 15.3. The van der Waals surface area contributed by atoms with E-state index in [-0.39, 0.29) is 11.8 Å². The van der Waals surface area contributed by atoms with E-state index >= 15 is 0 Å². The normalized spacial score (nSPS) is 13.7. The van der Waals surface area contributed by atoms with Gasteiger partial charge in [-0.3, -0.25) is 19.2 Å². The summed E-state index contributed by atoms with van der Waals surface area (Å²) in [5, 5.41) is 4.21. The molecule has 0 unspecified atom stereocenters. The number of carbonyl (C=O) groups is 2. The predicted molar refractivity (Wildman–Crippen MR) is 87.0 cm³/mol. The lowest BCUT2D eigenvalue weighted by molar-refractivity contribution is 0.0651. The standard InChI is InChI=1S/C17H20N4O2/c1-12-11-15(18)19-21(12)10-6-2-5-9-20-16(22)13-7-3-4-8-14(13)17(20)23/h3-4,7-8,11H,2,5-6,9-10H2,1H3,(H2,18,19). The molecule has 1 aromatic heterocycles. The van der Waals surface area contributed by atoms with Crippen LogP contribution in [0.15, 0.2) is 30.3 Å². The van der Waals surface area contributed by atoms with E-state index in [0.717, 1.165) is 31.5 Å². The Morgan fingerprint density at radius 3 is 2.17 bits per heavy atom. The Bertz CT molecular complexity index is 716. The van der Waals surface area contributed by atoms with Gasteiger partial charge in [-0.1, -0.05) is 12.1 Å². The summed E-state index contributed by atoms with van der Waals surface area (Å²) in [6, 6.07) is 8.83. The van der Waals surface area contributed by atoms with E-state index in [2.05, 4.69) is 5.10 Å². The van der Waals surface area contributed by atoms with Gasteiger partial charge in [0.2, 0.25) is 0 Å². The smallest absolute Gasteiger partial charge is 0.261 e. The second kappa shape index (κ2) is 6.24. The maximum atomic E-state index is 12.2. The van der Waals surface area contributed by atoms with Crippen molar-refractivity contribution in [2.45, 2.75) is 32.7 Å². The van der Waals surface area contributed by atoms with Crippen LogP contribution in [0, 0.1) is 6.92 Å². The van der Waals surface area contributed by atoms with Gasteiger partial charge in [0.1, 0.15) is 5.82 Å². The van der Waals surface area contributed by atoms with E-state index in [1.165, 1.54) is 4.90 Å². The van der Waals surface area contributed by atoms with E-state index in [0.29, 0.717) is 23.5 Å². The van der Waals surface area contributed by atoms with Crippen molar-refractivity contribution >= 4 is 17.6 Å². The Kier molecular flexibility index (Phi) is 4.14. The molecule has 1 aliphatic rings. The molecular formula is C17H20N4O2. The number of hydrogen-bond donors (Lipinski definition) is 1. The molecule has 120 valence electrons. The number of fused-ring (bicyclic) bond motifs is 1. The lowest BCUT2D eigenvalue weighted by Crippen LogP contribution is -2.30. The number of hydrogen-bond acceptors (Lipinski definition) is 4. The highest BCUT2D eigenvalue weighted by Crippen LogP contribution is 2.22. The first-order chi connectivity index (χ1) is 11.1. The summed E-state index contributed by atoms with van der Waals surface area (Å²) in [6.45, 7) is 3.24. The van der Waals surface area contributed by atoms with Crippen molar-refractivity contribution in [1.29, 1.82) is 0 Å². The van der Waals surface area contributed by atoms with Gasteiger partial charge < -0.3 is 5.73 Å². The van der Waals surface area contributed by atoms with Crippen LogP contribution in [0.1, 0.15) is 45.7 Å². The van der Waals surface area contributed by atoms with Crippen LogP contribution in [0.3, 0.4) is 0 Å². The Hall–Kier alpha value is -2.63. The molecule has 0 fully saturated rings. The number of amides is 2. The monoisotopic (exact) mass is 312 g/mol. The van der Waals surface area contributed by atoms with E-state index in [1.807, 2.05) is 17.7 Å². The van der Waals surface area contributed by atoms with Gasteiger partial charge >= 0.3 is 0 Å². The number of imide groups is 1. The molecule has 0 saturated heterocycles. The number of carbonyl (C=O) groups excluding carboxylic acids is 2. The van der Waals surface area contributed by atoms with E-state index < -0.39 is 0 Å². The third kappa shape index (κ3) is 2.97. The molecule has 23 heavy (non-hydrogen) atoms. The SMILES string of the molecule is Cc1cc(N)nn1CCCCCN1C(=O)c2ccccc2C1=O. The van der Waals surface area contributed by atoms with Gasteiger partial charge in [-0.25, -0.2) is 0 Å². The van der Waals surface area contributed by atoms with Gasteiger partial charge in [-0.15, -0.1) is 0 Å². The molecule has 0 saturated carbocycles. The van der Waals surface area contributed by atoms with Gasteiger partial charge in [0.25, 0.3) is 11.8 Å². The van der Waals surface area contributed by atoms with Crippen molar-refractivity contribution in [2.75, 3.05) is 12.3 Å². The summed E-state index contributed by atoms with van der Waals surface area (Å²) >= 11 is 0. The molecular weight excluding hydrogens is 292 g/mol. The van der Waals surface area contributed by atoms with Crippen LogP contribution in [0.4, 0.5) is 5.82 Å². The Labute approximate surface area is 134 Å². The van der Waals surface area contributed by atoms with Crippen molar-refractivity contribution in [2.24, 2.45) is 0 Å². The topological polar surface area (TPSA) is 81.2 Å². The molecule has 0 atom stereocenters. The number of anilines is 1. The second-order valence-electron chi connectivity index (χ2n) is 5.80. The highest BCUT2D eigenvalue weighted by atomic mass is 16.2. The molecule has 2 aromatic rings. The second-order valence-corrected chi connectivity index (χ2v) is 5.80. The number of rotatable bonds is 6. The van der Waals surface area contributed by atoms with Gasteiger partial charge in [-0.2, -0.15) is 5.10 Å². The summed E-state index contributed by atoms with van der Waals surface area (Å²) in [5.41, 5.74) is 7.72. The average Bonchev–Trinajstić information content (AvgIpc) is 2.98. The lowest BCUT2D eigenvalue weighted by Gasteiger charge is -2.13. The van der Waals surface area contributed by atoms with Crippen molar-refractivity contribution < 1.29 is 9.59 Å². The molecule has 3 rings (SSSR count). The third-order valence-electron chi connectivity index (χ3n) is 4.13. The van der Waals surface area contributed by atoms with Gasteiger partial charge in [0.15, 0.2) is 0 Å². The third-order valence-corrected chi connectivity index (χ3v) is 4.13. The van der Waals surface area contributed by atoms with Crippen LogP contribution in [0.25, 0.3) is 0 Å². The number of nitrogen functional groups attached to an aromatic ring is 1. The van der Waals surface area contributed by atoms with E-state index in [4.69, 9.17) is 5.73 Å². The predicted octanol–water partition coefficient (Wildman–Crippen LogP) is 2.24. The Balaban J connectivity index is 1.48. The highest BCUT2D eigenvalue weighted by molar-refractivity contribution is 6.21. The molecule has 0 radical (unpaired) electrons. The van der Waals surface area contributed by atoms with E-state index in [9.17, 15) is 9.59 Å². The van der Waals surface area contributed by atoms with Crippen molar-refractivity contribution in [3.05, 3.63) is 47.2 Å². The molecule has 2 amide bonds. The minimum atomic E-state index is -0.179. The Morgan fingerprint density at radius 1 is 1.00 bits per heavy atom. The molecule has 1 aliphatic heterocycles. The molecule has 2 heterocycles. The number of unbranched alkanes of at least 4 members (excludes halogenated alkanes) is 2. The first-order valence-corrected chi connectivity index (χ1v) is 7.83. The summed E-state index contributed by atoms with van der Waals surface area (Å²) in [5.74, 6) is 0.177. The van der Waals surface area contributed by atoms with Crippen molar-refractivity contribution in [1.82, 2.24) is 14.7 Å². The van der Waals surface area contributed by atoms with Gasteiger partial charge in [0, 0.05) is 24.8 Å². The van der Waals surface area contributed by atoms with Crippen LogP contribution < -0.4 is 5.73 Å². The Morgan fingerprint density at radius 2 is 1.61 bits per heavy atom. The van der Waals surface area contributed by atoms with Crippen LogP contribution in [-0.4, -0.2) is 33.0 Å². The molecule has 0 aliphatic carbocycles. The quantitative estimate of drug-likeness (QED) is 0.655. The molecule has 6 heteroatoms. The number of nitrogens with two attached hydrogens (primary N) is 1. The maximum absolute atomic E-state index is 12.2. The lowest BCUT2D eigenvalue weighted by atomic mass is 10.1. The zero-order chi connectivity index (χ0) is 16.4. The van der Waals surface area contributed by atoms with Crippen LogP contribution >= 0.6 is 0 Å². The van der Waals surface area contributed by atoms with E-state index in [1.54, 1.807) is 24.3 Å². The van der Waals surface area contributed by atoms with Crippen LogP contribution in [-0.2, 0) is 6.54 Å².